The van der Waals surface area contributed by atoms with Crippen LogP contribution in [0.15, 0.2) is 180 Å². The van der Waals surface area contributed by atoms with Crippen molar-refractivity contribution in [2.75, 3.05) is 0 Å². The number of nitrogens with zero attached hydrogens (tertiary/aromatic N) is 2. The predicted octanol–water partition coefficient (Wildman–Crippen LogP) is 13.0. The molecule has 54 heavy (non-hydrogen) atoms. The molecule has 1 spiro atoms. The van der Waals surface area contributed by atoms with Crippen LogP contribution in [0, 0.1) is 0 Å². The van der Waals surface area contributed by atoms with E-state index in [0.717, 1.165) is 62.9 Å². The SMILES string of the molecule is C1=CC2=C(CC1)C1(c3ccccc3-c3c(-c4nc(-c5ccc(-c6ccccc6)cc5)c5ccccc5n4)cccc31)c1ccc3c(oc4ccccc43)c12. The molecule has 3 heteroatoms. The van der Waals surface area contributed by atoms with Crippen molar-refractivity contribution in [1.82, 2.24) is 9.97 Å². The molecule has 252 valence electrons. The second-order valence-electron chi connectivity index (χ2n) is 14.7. The molecule has 3 aliphatic rings. The van der Waals surface area contributed by atoms with E-state index in [0.29, 0.717) is 0 Å². The van der Waals surface area contributed by atoms with Crippen molar-refractivity contribution < 1.29 is 4.42 Å². The predicted molar refractivity (Wildman–Crippen MR) is 220 cm³/mol. The Kier molecular flexibility index (Phi) is 6.10. The second-order valence-corrected chi connectivity index (χ2v) is 14.7. The second kappa shape index (κ2) is 11.1. The Morgan fingerprint density at radius 2 is 1.20 bits per heavy atom. The first-order chi connectivity index (χ1) is 26.8. The minimum Gasteiger partial charge on any atom is -0.455 e. The summed E-state index contributed by atoms with van der Waals surface area (Å²) in [6.45, 7) is 0. The van der Waals surface area contributed by atoms with Crippen LogP contribution < -0.4 is 0 Å². The van der Waals surface area contributed by atoms with Crippen LogP contribution in [-0.2, 0) is 5.41 Å². The molecule has 2 aromatic heterocycles. The summed E-state index contributed by atoms with van der Waals surface area (Å²) in [7, 11) is 0. The first-order valence-electron chi connectivity index (χ1n) is 18.8. The maximum absolute atomic E-state index is 6.76. The smallest absolute Gasteiger partial charge is 0.161 e. The first-order valence-corrected chi connectivity index (χ1v) is 18.8. The third-order valence-corrected chi connectivity index (χ3v) is 12.0. The van der Waals surface area contributed by atoms with Gasteiger partial charge in [-0.3, -0.25) is 0 Å². The number of furan rings is 1. The molecule has 0 saturated heterocycles. The fraction of sp³-hybridized carbons (Fsp3) is 0.0588. The lowest BCUT2D eigenvalue weighted by Crippen LogP contribution is -2.27. The molecule has 7 aromatic carbocycles. The normalized spacial score (nSPS) is 16.7. The van der Waals surface area contributed by atoms with Crippen LogP contribution in [0.1, 0.15) is 35.1 Å². The summed E-state index contributed by atoms with van der Waals surface area (Å²) in [5.41, 5.74) is 18.2. The van der Waals surface area contributed by atoms with Gasteiger partial charge in [-0.25, -0.2) is 9.97 Å². The highest BCUT2D eigenvalue weighted by Gasteiger charge is 2.54. The molecule has 3 nitrogen and oxygen atoms in total. The molecule has 0 radical (unpaired) electrons. The number of hydrogen-bond donors (Lipinski definition) is 0. The summed E-state index contributed by atoms with van der Waals surface area (Å²) in [5, 5.41) is 3.37. The number of benzene rings is 7. The summed E-state index contributed by atoms with van der Waals surface area (Å²) in [6, 6.07) is 56.6. The van der Waals surface area contributed by atoms with Gasteiger partial charge in [0.05, 0.1) is 16.6 Å². The zero-order chi connectivity index (χ0) is 35.4. The fourth-order valence-electron chi connectivity index (χ4n) is 9.82. The van der Waals surface area contributed by atoms with Gasteiger partial charge in [0.15, 0.2) is 5.82 Å². The third-order valence-electron chi connectivity index (χ3n) is 12.0. The van der Waals surface area contributed by atoms with E-state index in [-0.39, 0.29) is 0 Å². The summed E-state index contributed by atoms with van der Waals surface area (Å²) in [4.78, 5) is 10.8. The van der Waals surface area contributed by atoms with Gasteiger partial charge in [0.25, 0.3) is 0 Å². The minimum atomic E-state index is -0.447. The lowest BCUT2D eigenvalue weighted by Gasteiger charge is -2.33. The van der Waals surface area contributed by atoms with Crippen LogP contribution in [-0.4, -0.2) is 9.97 Å². The summed E-state index contributed by atoms with van der Waals surface area (Å²) in [6.07, 6.45) is 6.68. The zero-order valence-corrected chi connectivity index (χ0v) is 29.4. The molecule has 0 N–H and O–H groups in total. The Labute approximate surface area is 312 Å². The van der Waals surface area contributed by atoms with Gasteiger partial charge in [0.2, 0.25) is 0 Å². The van der Waals surface area contributed by atoms with Crippen LogP contribution >= 0.6 is 0 Å². The standard InChI is InChI=1S/C51H32N2O/c1-2-13-31(14-3-1)32-25-27-33(28-26-32)48-38-18-6-10-23-44(38)52-50(53-48)39-19-12-22-42-46(39)36-16-4-8-20-40(36)51(42)41-21-9-5-17-37(41)47-43(51)30-29-35-34-15-7-11-24-45(34)54-49(35)47/h1-8,10-20,22-30H,9,21H2. The molecule has 1 unspecified atom stereocenters. The largest absolute Gasteiger partial charge is 0.455 e. The number of hydrogen-bond acceptors (Lipinski definition) is 3. The molecule has 0 bridgehead atoms. The van der Waals surface area contributed by atoms with Gasteiger partial charge in [0.1, 0.15) is 11.2 Å². The van der Waals surface area contributed by atoms with Crippen LogP contribution in [0.2, 0.25) is 0 Å². The topological polar surface area (TPSA) is 38.9 Å². The summed E-state index contributed by atoms with van der Waals surface area (Å²) >= 11 is 0. The number of aromatic nitrogens is 2. The van der Waals surface area contributed by atoms with Crippen molar-refractivity contribution in [3.05, 3.63) is 198 Å². The number of para-hydroxylation sites is 2. The van der Waals surface area contributed by atoms with E-state index in [1.165, 1.54) is 61.0 Å². The molecule has 0 aliphatic heterocycles. The molecular weight excluding hydrogens is 657 g/mol. The molecule has 0 saturated carbocycles. The summed E-state index contributed by atoms with van der Waals surface area (Å²) < 4.78 is 6.76. The Bertz CT molecular complexity index is 3090. The quantitative estimate of drug-likeness (QED) is 0.185. The Hall–Kier alpha value is -6.84. The monoisotopic (exact) mass is 688 g/mol. The van der Waals surface area contributed by atoms with Crippen molar-refractivity contribution >= 4 is 38.4 Å². The number of fused-ring (bicyclic) bond motifs is 14. The Morgan fingerprint density at radius 1 is 0.500 bits per heavy atom. The molecular formula is C51H32N2O. The van der Waals surface area contributed by atoms with Gasteiger partial charge < -0.3 is 4.42 Å². The highest BCUT2D eigenvalue weighted by molar-refractivity contribution is 6.12. The van der Waals surface area contributed by atoms with Crippen molar-refractivity contribution in [3.63, 3.8) is 0 Å². The fourth-order valence-corrected chi connectivity index (χ4v) is 9.82. The molecule has 0 amide bonds. The van der Waals surface area contributed by atoms with Gasteiger partial charge >= 0.3 is 0 Å². The average Bonchev–Trinajstić information content (AvgIpc) is 3.88. The number of allylic oxidation sites excluding steroid dienone is 4. The van der Waals surface area contributed by atoms with E-state index in [9.17, 15) is 0 Å². The third kappa shape index (κ3) is 3.91. The van der Waals surface area contributed by atoms with E-state index < -0.39 is 5.41 Å². The van der Waals surface area contributed by atoms with E-state index in [1.54, 1.807) is 0 Å². The van der Waals surface area contributed by atoms with E-state index in [1.807, 2.05) is 0 Å². The molecule has 1 atom stereocenters. The summed E-state index contributed by atoms with van der Waals surface area (Å²) in [5.74, 6) is 0.739. The van der Waals surface area contributed by atoms with E-state index >= 15 is 0 Å². The molecule has 9 aromatic rings. The molecule has 12 rings (SSSR count). The lowest BCUT2D eigenvalue weighted by molar-refractivity contribution is 0.665. The highest BCUT2D eigenvalue weighted by Crippen LogP contribution is 2.65. The van der Waals surface area contributed by atoms with Crippen LogP contribution in [0.5, 0.6) is 0 Å². The zero-order valence-electron chi connectivity index (χ0n) is 29.4. The van der Waals surface area contributed by atoms with Crippen molar-refractivity contribution in [1.29, 1.82) is 0 Å². The maximum Gasteiger partial charge on any atom is 0.161 e. The van der Waals surface area contributed by atoms with E-state index in [2.05, 4.69) is 170 Å². The van der Waals surface area contributed by atoms with Gasteiger partial charge in [-0.15, -0.1) is 0 Å². The van der Waals surface area contributed by atoms with Crippen molar-refractivity contribution in [2.45, 2.75) is 18.3 Å². The van der Waals surface area contributed by atoms with Gasteiger partial charge in [0, 0.05) is 32.8 Å². The lowest BCUT2D eigenvalue weighted by atomic mass is 9.68. The van der Waals surface area contributed by atoms with Gasteiger partial charge in [-0.2, -0.15) is 0 Å². The Morgan fingerprint density at radius 3 is 2.11 bits per heavy atom. The highest BCUT2D eigenvalue weighted by atomic mass is 16.3. The maximum atomic E-state index is 6.76. The molecule has 0 fully saturated rings. The first kappa shape index (κ1) is 29.7. The van der Waals surface area contributed by atoms with Crippen LogP contribution in [0.4, 0.5) is 0 Å². The van der Waals surface area contributed by atoms with Gasteiger partial charge in [-0.05, 0) is 75.1 Å². The van der Waals surface area contributed by atoms with Crippen LogP contribution in [0.25, 0.3) is 83.3 Å². The average molecular weight is 689 g/mol. The molecule has 3 aliphatic carbocycles. The van der Waals surface area contributed by atoms with Crippen molar-refractivity contribution in [2.24, 2.45) is 0 Å². The molecule has 2 heterocycles. The van der Waals surface area contributed by atoms with Crippen molar-refractivity contribution in [3.8, 4) is 44.9 Å². The Balaban J connectivity index is 1.11. The number of rotatable bonds is 3. The van der Waals surface area contributed by atoms with Gasteiger partial charge in [-0.1, -0.05) is 158 Å². The van der Waals surface area contributed by atoms with E-state index in [4.69, 9.17) is 14.4 Å². The minimum absolute atomic E-state index is 0.447. The van der Waals surface area contributed by atoms with Crippen LogP contribution in [0.3, 0.4) is 0 Å².